The molecule has 2 aliphatic heterocycles. The van der Waals surface area contributed by atoms with Crippen LogP contribution in [0.15, 0.2) is 0 Å². The summed E-state index contributed by atoms with van der Waals surface area (Å²) in [6.07, 6.45) is -11.5. The summed E-state index contributed by atoms with van der Waals surface area (Å²) in [5, 5.41) is 79.6. The molecule has 24 heavy (non-hydrogen) atoms. The number of aliphatic hydroxyl groups is 8. The lowest BCUT2D eigenvalue weighted by Crippen LogP contribution is -2.67. The minimum Gasteiger partial charge on any atom is -0.395 e. The second-order valence-electron chi connectivity index (χ2n) is 6.06. The Morgan fingerprint density at radius 2 is 1.29 bits per heavy atom. The lowest BCUT2D eigenvalue weighted by atomic mass is 9.91. The van der Waals surface area contributed by atoms with Crippen LogP contribution in [0.4, 0.5) is 0 Å². The van der Waals surface area contributed by atoms with Crippen LogP contribution in [0.1, 0.15) is 0 Å². The molecular formula is C13H25NO10. The van der Waals surface area contributed by atoms with E-state index in [0.29, 0.717) is 0 Å². The van der Waals surface area contributed by atoms with Gasteiger partial charge in [-0.25, -0.2) is 0 Å². The van der Waals surface area contributed by atoms with Gasteiger partial charge in [0.2, 0.25) is 0 Å². The molecular weight excluding hydrogens is 330 g/mol. The molecule has 0 radical (unpaired) electrons. The molecule has 2 heterocycles. The topological polar surface area (TPSA) is 192 Å². The van der Waals surface area contributed by atoms with E-state index in [1.54, 1.807) is 0 Å². The quantitative estimate of drug-likeness (QED) is 0.228. The fourth-order valence-corrected chi connectivity index (χ4v) is 2.86. The van der Waals surface area contributed by atoms with Gasteiger partial charge in [0, 0.05) is 0 Å². The molecule has 11 nitrogen and oxygen atoms in total. The third-order valence-electron chi connectivity index (χ3n) is 4.44. The van der Waals surface area contributed by atoms with E-state index in [1.807, 2.05) is 0 Å². The smallest absolute Gasteiger partial charge is 0.186 e. The third kappa shape index (κ3) is 3.86. The minimum absolute atomic E-state index is 0.301. The number of ether oxygens (including phenoxy) is 2. The second-order valence-corrected chi connectivity index (χ2v) is 6.06. The Kier molecular flexibility index (Phi) is 6.87. The fourth-order valence-electron chi connectivity index (χ4n) is 2.86. The van der Waals surface area contributed by atoms with Crippen molar-refractivity contribution in [1.29, 1.82) is 0 Å². The van der Waals surface area contributed by atoms with Crippen LogP contribution < -0.4 is 5.32 Å². The molecule has 0 aromatic carbocycles. The molecule has 142 valence electrons. The molecule has 0 bridgehead atoms. The molecule has 2 saturated heterocycles. The van der Waals surface area contributed by atoms with Gasteiger partial charge in [0.1, 0.15) is 30.5 Å². The van der Waals surface area contributed by atoms with Crippen molar-refractivity contribution >= 4 is 0 Å². The first-order valence-corrected chi connectivity index (χ1v) is 7.65. The van der Waals surface area contributed by atoms with Crippen molar-refractivity contribution in [2.45, 2.75) is 61.1 Å². The van der Waals surface area contributed by atoms with Gasteiger partial charge in [0.25, 0.3) is 0 Å². The first-order chi connectivity index (χ1) is 11.3. The summed E-state index contributed by atoms with van der Waals surface area (Å²) < 4.78 is 10.4. The van der Waals surface area contributed by atoms with Crippen LogP contribution in [-0.2, 0) is 9.47 Å². The van der Waals surface area contributed by atoms with Crippen LogP contribution in [-0.4, -0.2) is 122 Å². The Balaban J connectivity index is 1.96. The largest absolute Gasteiger partial charge is 0.395 e. The van der Waals surface area contributed by atoms with Gasteiger partial charge >= 0.3 is 0 Å². The normalized spacial score (nSPS) is 50.0. The zero-order valence-corrected chi connectivity index (χ0v) is 12.8. The SMILES string of the molecule is OC[C@H]1N[C@H](CO[C@H]2O[C@H](CO)[C@@H](O)[C@H](O)[C@H]2O)[C@@H](O)[C@H](O)[C@H]1O. The highest BCUT2D eigenvalue weighted by Crippen LogP contribution is 2.23. The number of piperidine rings is 1. The summed E-state index contributed by atoms with van der Waals surface area (Å²) in [5.41, 5.74) is 0. The summed E-state index contributed by atoms with van der Waals surface area (Å²) in [4.78, 5) is 0. The van der Waals surface area contributed by atoms with E-state index in [9.17, 15) is 30.6 Å². The molecule has 0 aromatic rings. The minimum atomic E-state index is -1.59. The van der Waals surface area contributed by atoms with E-state index in [-0.39, 0.29) is 6.61 Å². The standard InChI is InChI=1S/C13H25NO10/c15-1-4-7(17)10(20)8(18)5(14-4)3-23-13-12(22)11(21)9(19)6(2-16)24-13/h4-22H,1-3H2/t4-,5-,6-,7+,8-,9-,10-,11+,12-,13+/m1/s1. The number of hydrogen-bond donors (Lipinski definition) is 9. The summed E-state index contributed by atoms with van der Waals surface area (Å²) >= 11 is 0. The van der Waals surface area contributed by atoms with Crippen molar-refractivity contribution < 1.29 is 50.3 Å². The summed E-state index contributed by atoms with van der Waals surface area (Å²) in [5.74, 6) is 0. The van der Waals surface area contributed by atoms with E-state index in [2.05, 4.69) is 5.32 Å². The van der Waals surface area contributed by atoms with E-state index in [0.717, 1.165) is 0 Å². The van der Waals surface area contributed by atoms with Gasteiger partial charge in [-0.05, 0) is 0 Å². The van der Waals surface area contributed by atoms with Crippen LogP contribution in [0.5, 0.6) is 0 Å². The van der Waals surface area contributed by atoms with Crippen molar-refractivity contribution in [1.82, 2.24) is 5.32 Å². The van der Waals surface area contributed by atoms with Crippen LogP contribution in [0.3, 0.4) is 0 Å². The van der Waals surface area contributed by atoms with Crippen molar-refractivity contribution in [3.05, 3.63) is 0 Å². The average molecular weight is 355 g/mol. The van der Waals surface area contributed by atoms with Gasteiger partial charge in [-0.2, -0.15) is 0 Å². The van der Waals surface area contributed by atoms with Crippen LogP contribution in [0.2, 0.25) is 0 Å². The predicted octanol–water partition coefficient (Wildman–Crippen LogP) is -5.78. The highest BCUT2D eigenvalue weighted by molar-refractivity contribution is 4.98. The fraction of sp³-hybridized carbons (Fsp3) is 1.00. The zero-order valence-electron chi connectivity index (χ0n) is 12.8. The molecule has 11 heteroatoms. The second kappa shape index (κ2) is 8.29. The third-order valence-corrected chi connectivity index (χ3v) is 4.44. The monoisotopic (exact) mass is 355 g/mol. The summed E-state index contributed by atoms with van der Waals surface area (Å²) in [6, 6.07) is -1.78. The molecule has 10 atom stereocenters. The molecule has 0 saturated carbocycles. The van der Waals surface area contributed by atoms with Crippen molar-refractivity contribution in [2.75, 3.05) is 19.8 Å². The molecule has 2 rings (SSSR count). The summed E-state index contributed by atoms with van der Waals surface area (Å²) in [7, 11) is 0. The molecule has 0 aromatic heterocycles. The molecule has 2 fully saturated rings. The Bertz CT molecular complexity index is 361. The Morgan fingerprint density at radius 1 is 0.708 bits per heavy atom. The molecule has 0 aliphatic carbocycles. The van der Waals surface area contributed by atoms with Gasteiger partial charge in [-0.15, -0.1) is 0 Å². The number of hydrogen-bond acceptors (Lipinski definition) is 11. The van der Waals surface area contributed by atoms with Gasteiger partial charge in [0.15, 0.2) is 6.29 Å². The van der Waals surface area contributed by atoms with Gasteiger partial charge in [-0.3, -0.25) is 0 Å². The summed E-state index contributed by atoms with van der Waals surface area (Å²) in [6.45, 7) is -1.39. The number of nitrogens with one attached hydrogen (secondary N) is 1. The highest BCUT2D eigenvalue weighted by atomic mass is 16.7. The van der Waals surface area contributed by atoms with Crippen molar-refractivity contribution in [3.8, 4) is 0 Å². The Morgan fingerprint density at radius 3 is 1.88 bits per heavy atom. The molecule has 0 spiro atoms. The maximum absolute atomic E-state index is 9.94. The maximum Gasteiger partial charge on any atom is 0.186 e. The van der Waals surface area contributed by atoms with Crippen molar-refractivity contribution in [3.63, 3.8) is 0 Å². The number of aliphatic hydroxyl groups excluding tert-OH is 8. The van der Waals surface area contributed by atoms with Crippen LogP contribution in [0, 0.1) is 0 Å². The zero-order chi connectivity index (χ0) is 18.0. The molecule has 9 N–H and O–H groups in total. The van der Waals surface area contributed by atoms with Crippen LogP contribution in [0.25, 0.3) is 0 Å². The number of rotatable bonds is 5. The Hall–Kier alpha value is -0.440. The first-order valence-electron chi connectivity index (χ1n) is 7.65. The van der Waals surface area contributed by atoms with Crippen molar-refractivity contribution in [2.24, 2.45) is 0 Å². The molecule has 0 unspecified atom stereocenters. The predicted molar refractivity (Wildman–Crippen MR) is 75.5 cm³/mol. The first kappa shape index (κ1) is 19.9. The van der Waals surface area contributed by atoms with E-state index >= 15 is 0 Å². The highest BCUT2D eigenvalue weighted by Gasteiger charge is 2.46. The average Bonchev–Trinajstić information content (AvgIpc) is 2.58. The van der Waals surface area contributed by atoms with Gasteiger partial charge in [-0.1, -0.05) is 0 Å². The van der Waals surface area contributed by atoms with Gasteiger partial charge in [0.05, 0.1) is 44.1 Å². The van der Waals surface area contributed by atoms with E-state index in [1.165, 1.54) is 0 Å². The van der Waals surface area contributed by atoms with E-state index < -0.39 is 74.3 Å². The Labute approximate surface area is 137 Å². The molecule has 0 amide bonds. The van der Waals surface area contributed by atoms with Gasteiger partial charge < -0.3 is 55.6 Å². The lowest BCUT2D eigenvalue weighted by Gasteiger charge is -2.43. The lowest BCUT2D eigenvalue weighted by molar-refractivity contribution is -0.304. The van der Waals surface area contributed by atoms with E-state index in [4.69, 9.17) is 19.7 Å². The maximum atomic E-state index is 9.94. The molecule has 2 aliphatic rings. The van der Waals surface area contributed by atoms with Crippen LogP contribution >= 0.6 is 0 Å².